The summed E-state index contributed by atoms with van der Waals surface area (Å²) in [6.07, 6.45) is 0.925. The summed E-state index contributed by atoms with van der Waals surface area (Å²) in [5.74, 6) is 1.81. The number of aliphatic imine (C=N–C) groups is 1. The molecular weight excluding hydrogens is 459 g/mol. The van der Waals surface area contributed by atoms with E-state index in [1.54, 1.807) is 18.4 Å². The molecule has 144 valence electrons. The third-order valence-corrected chi connectivity index (χ3v) is 5.03. The van der Waals surface area contributed by atoms with Crippen molar-refractivity contribution in [2.24, 2.45) is 4.99 Å². The number of aryl methyl sites for hydroxylation is 2. The first-order valence-electron chi connectivity index (χ1n) is 8.59. The van der Waals surface area contributed by atoms with Crippen molar-refractivity contribution in [1.29, 1.82) is 0 Å². The van der Waals surface area contributed by atoms with Crippen molar-refractivity contribution in [1.82, 2.24) is 15.2 Å². The quantitative estimate of drug-likeness (QED) is 0.364. The lowest BCUT2D eigenvalue weighted by atomic mass is 10.2. The van der Waals surface area contributed by atoms with Gasteiger partial charge in [-0.05, 0) is 26.8 Å². The van der Waals surface area contributed by atoms with Crippen molar-refractivity contribution in [3.05, 3.63) is 45.4 Å². The second kappa shape index (κ2) is 11.4. The molecule has 2 aromatic rings. The van der Waals surface area contributed by atoms with Crippen molar-refractivity contribution in [3.8, 4) is 5.75 Å². The van der Waals surface area contributed by atoms with E-state index in [1.807, 2.05) is 18.2 Å². The number of ether oxygens (including phenoxy) is 1. The molecule has 0 saturated carbocycles. The fraction of sp³-hybridized carbons (Fsp3) is 0.474. The minimum Gasteiger partial charge on any atom is -0.496 e. The van der Waals surface area contributed by atoms with E-state index in [0.29, 0.717) is 0 Å². The van der Waals surface area contributed by atoms with Gasteiger partial charge in [-0.25, -0.2) is 4.98 Å². The summed E-state index contributed by atoms with van der Waals surface area (Å²) in [6.45, 7) is 8.55. The molecule has 5 nitrogen and oxygen atoms in total. The Balaban J connectivity index is 0.00000338. The van der Waals surface area contributed by atoms with Crippen LogP contribution in [0.4, 0.5) is 0 Å². The zero-order valence-corrected chi connectivity index (χ0v) is 19.4. The second-order valence-electron chi connectivity index (χ2n) is 5.90. The Bertz CT molecular complexity index is 717. The van der Waals surface area contributed by atoms with Gasteiger partial charge in [-0.2, -0.15) is 0 Å². The molecule has 1 aromatic heterocycles. The molecule has 0 amide bonds. The van der Waals surface area contributed by atoms with E-state index in [4.69, 9.17) is 9.73 Å². The van der Waals surface area contributed by atoms with Gasteiger partial charge in [0.1, 0.15) is 5.75 Å². The SMILES string of the molecule is CCNC(=NCCc1sc(C)nc1C)N(C)Cc1ccccc1OC.I. The number of thiazole rings is 1. The first-order chi connectivity index (χ1) is 12.0. The normalized spacial score (nSPS) is 11.0. The van der Waals surface area contributed by atoms with Crippen LogP contribution in [0, 0.1) is 13.8 Å². The largest absolute Gasteiger partial charge is 0.496 e. The van der Waals surface area contributed by atoms with Gasteiger partial charge in [0.2, 0.25) is 0 Å². The highest BCUT2D eigenvalue weighted by Gasteiger charge is 2.10. The molecule has 0 fully saturated rings. The van der Waals surface area contributed by atoms with Crippen molar-refractivity contribution >= 4 is 41.3 Å². The van der Waals surface area contributed by atoms with Gasteiger partial charge in [0, 0.05) is 43.5 Å². The molecule has 7 heteroatoms. The summed E-state index contributed by atoms with van der Waals surface area (Å²) >= 11 is 1.76. The zero-order chi connectivity index (χ0) is 18.2. The monoisotopic (exact) mass is 488 g/mol. The van der Waals surface area contributed by atoms with Gasteiger partial charge in [-0.1, -0.05) is 18.2 Å². The average molecular weight is 488 g/mol. The van der Waals surface area contributed by atoms with Crippen molar-refractivity contribution in [2.75, 3.05) is 27.2 Å². The van der Waals surface area contributed by atoms with E-state index in [1.165, 1.54) is 4.88 Å². The number of benzene rings is 1. The summed E-state index contributed by atoms with van der Waals surface area (Å²) in [6, 6.07) is 8.09. The highest BCUT2D eigenvalue weighted by molar-refractivity contribution is 14.0. The number of hydrogen-bond acceptors (Lipinski definition) is 4. The first-order valence-corrected chi connectivity index (χ1v) is 9.41. The molecule has 0 atom stereocenters. The summed E-state index contributed by atoms with van der Waals surface area (Å²) in [7, 11) is 3.76. The highest BCUT2D eigenvalue weighted by atomic mass is 127. The third kappa shape index (κ3) is 6.42. The Kier molecular flexibility index (Phi) is 9.93. The maximum Gasteiger partial charge on any atom is 0.193 e. The van der Waals surface area contributed by atoms with Crippen LogP contribution in [0.25, 0.3) is 0 Å². The van der Waals surface area contributed by atoms with Crippen LogP contribution in [-0.2, 0) is 13.0 Å². The Labute approximate surface area is 177 Å². The number of aromatic nitrogens is 1. The molecule has 0 bridgehead atoms. The molecule has 0 aliphatic heterocycles. The van der Waals surface area contributed by atoms with E-state index < -0.39 is 0 Å². The number of halogens is 1. The van der Waals surface area contributed by atoms with Gasteiger partial charge in [0.15, 0.2) is 5.96 Å². The predicted molar refractivity (Wildman–Crippen MR) is 121 cm³/mol. The molecule has 1 aromatic carbocycles. The van der Waals surface area contributed by atoms with E-state index in [-0.39, 0.29) is 24.0 Å². The van der Waals surface area contributed by atoms with Crippen LogP contribution in [0.5, 0.6) is 5.75 Å². The smallest absolute Gasteiger partial charge is 0.193 e. The second-order valence-corrected chi connectivity index (χ2v) is 7.18. The van der Waals surface area contributed by atoms with E-state index in [0.717, 1.165) is 54.0 Å². The number of guanidine groups is 1. The van der Waals surface area contributed by atoms with Crippen molar-refractivity contribution < 1.29 is 4.74 Å². The van der Waals surface area contributed by atoms with Crippen molar-refractivity contribution in [2.45, 2.75) is 33.7 Å². The maximum atomic E-state index is 5.45. The Morgan fingerprint density at radius 1 is 1.31 bits per heavy atom. The number of para-hydroxylation sites is 1. The van der Waals surface area contributed by atoms with Gasteiger partial charge >= 0.3 is 0 Å². The Hall–Kier alpha value is -1.35. The van der Waals surface area contributed by atoms with Crippen LogP contribution in [-0.4, -0.2) is 43.1 Å². The predicted octanol–water partition coefficient (Wildman–Crippen LogP) is 4.03. The summed E-state index contributed by atoms with van der Waals surface area (Å²) in [5, 5.41) is 4.49. The van der Waals surface area contributed by atoms with Crippen molar-refractivity contribution in [3.63, 3.8) is 0 Å². The molecule has 1 N–H and O–H groups in total. The zero-order valence-electron chi connectivity index (χ0n) is 16.2. The Morgan fingerprint density at radius 2 is 2.04 bits per heavy atom. The summed E-state index contributed by atoms with van der Waals surface area (Å²) in [5.41, 5.74) is 2.28. The van der Waals surface area contributed by atoms with Crippen LogP contribution < -0.4 is 10.1 Å². The van der Waals surface area contributed by atoms with Gasteiger partial charge in [0.05, 0.1) is 17.8 Å². The van der Waals surface area contributed by atoms with Gasteiger partial charge in [-0.3, -0.25) is 4.99 Å². The molecule has 0 saturated heterocycles. The lowest BCUT2D eigenvalue weighted by Gasteiger charge is -2.23. The van der Waals surface area contributed by atoms with E-state index in [9.17, 15) is 0 Å². The molecule has 0 radical (unpaired) electrons. The average Bonchev–Trinajstić information content (AvgIpc) is 2.92. The van der Waals surface area contributed by atoms with Crippen LogP contribution in [0.15, 0.2) is 29.3 Å². The van der Waals surface area contributed by atoms with Gasteiger partial charge in [-0.15, -0.1) is 35.3 Å². The van der Waals surface area contributed by atoms with Gasteiger partial charge in [0.25, 0.3) is 0 Å². The Morgan fingerprint density at radius 3 is 2.65 bits per heavy atom. The first kappa shape index (κ1) is 22.7. The van der Waals surface area contributed by atoms with Crippen LogP contribution in [0.1, 0.15) is 28.1 Å². The van der Waals surface area contributed by atoms with Crippen LogP contribution in [0.2, 0.25) is 0 Å². The molecule has 0 aliphatic carbocycles. The molecule has 0 spiro atoms. The number of nitrogens with one attached hydrogen (secondary N) is 1. The van der Waals surface area contributed by atoms with Crippen LogP contribution >= 0.6 is 35.3 Å². The fourth-order valence-corrected chi connectivity index (χ4v) is 3.63. The number of hydrogen-bond donors (Lipinski definition) is 1. The van der Waals surface area contributed by atoms with Gasteiger partial charge < -0.3 is 15.0 Å². The molecule has 0 aliphatic rings. The lowest BCUT2D eigenvalue weighted by Crippen LogP contribution is -2.38. The third-order valence-electron chi connectivity index (χ3n) is 3.90. The topological polar surface area (TPSA) is 49.8 Å². The standard InChI is InChI=1S/C19H28N4OS.HI/c1-6-20-19(21-12-11-18-14(2)22-15(3)25-18)23(4)13-16-9-7-8-10-17(16)24-5;/h7-10H,6,11-13H2,1-5H3,(H,20,21);1H. The number of methoxy groups -OCH3 is 1. The maximum absolute atomic E-state index is 5.45. The molecule has 2 rings (SSSR count). The van der Waals surface area contributed by atoms with E-state index in [2.05, 4.69) is 49.1 Å². The summed E-state index contributed by atoms with van der Waals surface area (Å²) < 4.78 is 5.45. The minimum absolute atomic E-state index is 0. The number of rotatable bonds is 7. The molecular formula is C19H29IN4OS. The lowest BCUT2D eigenvalue weighted by molar-refractivity contribution is 0.396. The summed E-state index contributed by atoms with van der Waals surface area (Å²) in [4.78, 5) is 12.7. The fourth-order valence-electron chi connectivity index (χ4n) is 2.70. The van der Waals surface area contributed by atoms with Crippen LogP contribution in [0.3, 0.4) is 0 Å². The minimum atomic E-state index is 0. The molecule has 26 heavy (non-hydrogen) atoms. The molecule has 1 heterocycles. The van der Waals surface area contributed by atoms with E-state index >= 15 is 0 Å². The number of nitrogens with zero attached hydrogens (tertiary/aromatic N) is 3. The highest BCUT2D eigenvalue weighted by Crippen LogP contribution is 2.19. The molecule has 0 unspecified atom stereocenters.